The van der Waals surface area contributed by atoms with Gasteiger partial charge in [0.25, 0.3) is 0 Å². The summed E-state index contributed by atoms with van der Waals surface area (Å²) >= 11 is 3.97. The van der Waals surface area contributed by atoms with Crippen LogP contribution in [0.2, 0.25) is 0 Å². The highest BCUT2D eigenvalue weighted by Crippen LogP contribution is 2.15. The zero-order valence-electron chi connectivity index (χ0n) is 9.83. The average Bonchev–Trinajstić information content (AvgIpc) is 2.60. The topological polar surface area (TPSA) is 38.9 Å². The van der Waals surface area contributed by atoms with Crippen molar-refractivity contribution in [2.75, 3.05) is 0 Å². The Labute approximate surface area is 115 Å². The summed E-state index contributed by atoms with van der Waals surface area (Å²) in [5.74, 6) is 0. The Kier molecular flexibility index (Phi) is 5.64. The molecule has 0 radical (unpaired) electrons. The van der Waals surface area contributed by atoms with Crippen molar-refractivity contribution in [2.45, 2.75) is 33.2 Å². The molecule has 0 aliphatic carbocycles. The Morgan fingerprint density at radius 1 is 1.62 bits per heavy atom. The van der Waals surface area contributed by atoms with Crippen LogP contribution >= 0.6 is 33.9 Å². The molecule has 2 N–H and O–H groups in total. The van der Waals surface area contributed by atoms with E-state index in [1.54, 1.807) is 11.3 Å². The van der Waals surface area contributed by atoms with Crippen LogP contribution in [0.5, 0.6) is 0 Å². The molecule has 0 saturated carbocycles. The number of nitrogens with zero attached hydrogens (tertiary/aromatic N) is 1. The van der Waals surface area contributed by atoms with E-state index in [0.717, 1.165) is 17.1 Å². The molecule has 16 heavy (non-hydrogen) atoms. The van der Waals surface area contributed by atoms with Crippen molar-refractivity contribution in [3.05, 3.63) is 31.3 Å². The first-order chi connectivity index (χ1) is 7.49. The number of aromatic nitrogens is 1. The van der Waals surface area contributed by atoms with E-state index in [2.05, 4.69) is 59.0 Å². The zero-order valence-corrected chi connectivity index (χ0v) is 12.8. The van der Waals surface area contributed by atoms with Crippen LogP contribution in [0.25, 0.3) is 6.08 Å². The van der Waals surface area contributed by atoms with E-state index in [-0.39, 0.29) is 6.04 Å². The lowest BCUT2D eigenvalue weighted by atomic mass is 10.1. The summed E-state index contributed by atoms with van der Waals surface area (Å²) in [5, 5.41) is 3.15. The minimum Gasteiger partial charge on any atom is -0.324 e. The largest absolute Gasteiger partial charge is 0.324 e. The molecule has 0 spiro atoms. The zero-order chi connectivity index (χ0) is 12.1. The van der Waals surface area contributed by atoms with Gasteiger partial charge in [-0.3, -0.25) is 0 Å². The normalized spacial score (nSPS) is 15.3. The number of hydrogen-bond donors (Lipinski definition) is 1. The molecule has 4 heteroatoms. The molecule has 0 aromatic carbocycles. The standard InChI is InChI=1S/C12H17IN2S/c1-8(12(14)5-4-9(2)13)6-11-7-16-10(3)15-11/h4,6-7,12H,5,14H2,1-3H3/b8-6+,9-4-. The highest BCUT2D eigenvalue weighted by molar-refractivity contribution is 14.1. The number of hydrogen-bond acceptors (Lipinski definition) is 3. The Hall–Kier alpha value is -0.200. The van der Waals surface area contributed by atoms with E-state index in [1.807, 2.05) is 6.92 Å². The summed E-state index contributed by atoms with van der Waals surface area (Å²) < 4.78 is 1.28. The van der Waals surface area contributed by atoms with E-state index in [0.29, 0.717) is 0 Å². The van der Waals surface area contributed by atoms with Crippen molar-refractivity contribution in [3.8, 4) is 0 Å². The molecule has 0 fully saturated rings. The van der Waals surface area contributed by atoms with Crippen LogP contribution in [0.15, 0.2) is 20.6 Å². The third-order valence-electron chi connectivity index (χ3n) is 2.25. The number of nitrogens with two attached hydrogens (primary N) is 1. The lowest BCUT2D eigenvalue weighted by Crippen LogP contribution is -2.20. The molecule has 1 aromatic rings. The molecule has 88 valence electrons. The molecule has 0 amide bonds. The third kappa shape index (κ3) is 4.76. The second-order valence-electron chi connectivity index (χ2n) is 3.81. The monoisotopic (exact) mass is 348 g/mol. The predicted molar refractivity (Wildman–Crippen MR) is 80.9 cm³/mol. The van der Waals surface area contributed by atoms with Crippen LogP contribution in [-0.4, -0.2) is 11.0 Å². The number of aryl methyl sites for hydroxylation is 1. The molecular formula is C12H17IN2S. The van der Waals surface area contributed by atoms with Gasteiger partial charge >= 0.3 is 0 Å². The first kappa shape index (κ1) is 13.9. The van der Waals surface area contributed by atoms with Crippen LogP contribution in [0.3, 0.4) is 0 Å². The molecule has 0 bridgehead atoms. The molecule has 2 nitrogen and oxygen atoms in total. The van der Waals surface area contributed by atoms with Crippen molar-refractivity contribution in [1.82, 2.24) is 4.98 Å². The van der Waals surface area contributed by atoms with Crippen LogP contribution in [-0.2, 0) is 0 Å². The molecule has 1 unspecified atom stereocenters. The van der Waals surface area contributed by atoms with Crippen LogP contribution < -0.4 is 5.73 Å². The fraction of sp³-hybridized carbons (Fsp3) is 0.417. The summed E-state index contributed by atoms with van der Waals surface area (Å²) in [6.45, 7) is 6.16. The second kappa shape index (κ2) is 6.51. The van der Waals surface area contributed by atoms with E-state index in [4.69, 9.17) is 5.73 Å². The van der Waals surface area contributed by atoms with Gasteiger partial charge in [0.1, 0.15) is 0 Å². The molecule has 0 saturated heterocycles. The van der Waals surface area contributed by atoms with E-state index in [1.165, 1.54) is 9.15 Å². The number of allylic oxidation sites excluding steroid dienone is 1. The Bertz CT molecular complexity index is 403. The van der Waals surface area contributed by atoms with Crippen LogP contribution in [0, 0.1) is 6.92 Å². The Morgan fingerprint density at radius 2 is 2.31 bits per heavy atom. The van der Waals surface area contributed by atoms with Gasteiger partial charge in [0.05, 0.1) is 10.7 Å². The van der Waals surface area contributed by atoms with Crippen LogP contribution in [0.1, 0.15) is 31.0 Å². The summed E-state index contributed by atoms with van der Waals surface area (Å²) in [6, 6.07) is 0.0896. The van der Waals surface area contributed by atoms with Gasteiger partial charge in [-0.1, -0.05) is 11.6 Å². The highest BCUT2D eigenvalue weighted by atomic mass is 127. The van der Waals surface area contributed by atoms with Gasteiger partial charge in [-0.15, -0.1) is 11.3 Å². The number of rotatable bonds is 4. The van der Waals surface area contributed by atoms with Crippen molar-refractivity contribution in [3.63, 3.8) is 0 Å². The number of halogens is 1. The second-order valence-corrected chi connectivity index (χ2v) is 6.58. The predicted octanol–water partition coefficient (Wildman–Crippen LogP) is 3.91. The van der Waals surface area contributed by atoms with Crippen LogP contribution in [0.4, 0.5) is 0 Å². The van der Waals surface area contributed by atoms with Gasteiger partial charge in [0, 0.05) is 11.4 Å². The Morgan fingerprint density at radius 3 is 2.81 bits per heavy atom. The van der Waals surface area contributed by atoms with Gasteiger partial charge in [-0.2, -0.15) is 0 Å². The molecule has 1 atom stereocenters. The fourth-order valence-corrected chi connectivity index (χ4v) is 2.09. The maximum Gasteiger partial charge on any atom is 0.0901 e. The highest BCUT2D eigenvalue weighted by Gasteiger charge is 2.04. The molecule has 0 aliphatic heterocycles. The summed E-state index contributed by atoms with van der Waals surface area (Å²) in [5.41, 5.74) is 8.28. The molecule has 0 aliphatic rings. The quantitative estimate of drug-likeness (QED) is 0.838. The SMILES string of the molecule is C/C(I)=C/CC(N)/C(C)=C/c1csc(C)n1. The maximum absolute atomic E-state index is 6.08. The molecule has 1 aromatic heterocycles. The lowest BCUT2D eigenvalue weighted by Gasteiger charge is -2.09. The number of thiazole rings is 1. The first-order valence-electron chi connectivity index (χ1n) is 5.17. The van der Waals surface area contributed by atoms with E-state index >= 15 is 0 Å². The molecule has 1 rings (SSSR count). The van der Waals surface area contributed by atoms with Gasteiger partial charge in [-0.05, 0) is 59.4 Å². The van der Waals surface area contributed by atoms with Gasteiger partial charge < -0.3 is 5.73 Å². The maximum atomic E-state index is 6.08. The van der Waals surface area contributed by atoms with Crippen molar-refractivity contribution < 1.29 is 0 Å². The molecular weight excluding hydrogens is 331 g/mol. The van der Waals surface area contributed by atoms with Crippen molar-refractivity contribution in [1.29, 1.82) is 0 Å². The van der Waals surface area contributed by atoms with E-state index in [9.17, 15) is 0 Å². The lowest BCUT2D eigenvalue weighted by molar-refractivity contribution is 0.787. The van der Waals surface area contributed by atoms with Crippen molar-refractivity contribution >= 4 is 40.0 Å². The Balaban J connectivity index is 2.66. The van der Waals surface area contributed by atoms with Gasteiger partial charge in [-0.25, -0.2) is 4.98 Å². The minimum absolute atomic E-state index is 0.0896. The van der Waals surface area contributed by atoms with Crippen molar-refractivity contribution in [2.24, 2.45) is 5.73 Å². The first-order valence-corrected chi connectivity index (χ1v) is 7.13. The summed E-state index contributed by atoms with van der Waals surface area (Å²) in [7, 11) is 0. The fourth-order valence-electron chi connectivity index (χ4n) is 1.26. The van der Waals surface area contributed by atoms with Gasteiger partial charge in [0.15, 0.2) is 0 Å². The van der Waals surface area contributed by atoms with Gasteiger partial charge in [0.2, 0.25) is 0 Å². The third-order valence-corrected chi connectivity index (χ3v) is 3.48. The minimum atomic E-state index is 0.0896. The summed E-state index contributed by atoms with van der Waals surface area (Å²) in [6.07, 6.45) is 5.12. The molecule has 1 heterocycles. The average molecular weight is 348 g/mol. The smallest absolute Gasteiger partial charge is 0.0901 e. The van der Waals surface area contributed by atoms with E-state index < -0.39 is 0 Å². The summed E-state index contributed by atoms with van der Waals surface area (Å²) in [4.78, 5) is 4.40.